The largest absolute Gasteiger partial charge is 0.451 e. The van der Waals surface area contributed by atoms with E-state index in [1.165, 1.54) is 0 Å². The Morgan fingerprint density at radius 2 is 2.35 bits per heavy atom. The average molecular weight is 292 g/mol. The van der Waals surface area contributed by atoms with Crippen LogP contribution in [-0.4, -0.2) is 18.9 Å². The van der Waals surface area contributed by atoms with Gasteiger partial charge in [0.15, 0.2) is 11.3 Å². The van der Waals surface area contributed by atoms with E-state index >= 15 is 0 Å². The topological polar surface area (TPSA) is 42.2 Å². The van der Waals surface area contributed by atoms with E-state index in [1.54, 1.807) is 6.07 Å². The summed E-state index contributed by atoms with van der Waals surface area (Å²) in [5.41, 5.74) is 0.296. The molecule has 106 valence electrons. The first-order valence-electron chi connectivity index (χ1n) is 7.10. The zero-order chi connectivity index (χ0) is 14.2. The average Bonchev–Trinajstić information content (AvgIpc) is 3.06. The molecule has 0 radical (unpaired) electrons. The Hall–Kier alpha value is -1.32. The zero-order valence-electron chi connectivity index (χ0n) is 11.5. The molecule has 1 N–H and O–H groups in total. The Labute approximate surface area is 123 Å². The summed E-state index contributed by atoms with van der Waals surface area (Å²) in [6.07, 6.45) is 2.77. The molecular formula is C16H18ClNO2. The minimum Gasteiger partial charge on any atom is -0.451 e. The van der Waals surface area contributed by atoms with Crippen LogP contribution >= 0.6 is 11.6 Å². The van der Waals surface area contributed by atoms with Crippen molar-refractivity contribution in [3.8, 4) is 0 Å². The van der Waals surface area contributed by atoms with E-state index in [9.17, 15) is 4.79 Å². The monoisotopic (exact) mass is 291 g/mol. The Morgan fingerprint density at radius 3 is 3.00 bits per heavy atom. The van der Waals surface area contributed by atoms with E-state index in [4.69, 9.17) is 16.0 Å². The summed E-state index contributed by atoms with van der Waals surface area (Å²) in [5, 5.41) is 4.74. The van der Waals surface area contributed by atoms with Gasteiger partial charge in [-0.05, 0) is 31.5 Å². The number of carbonyl (C=O) groups is 1. The summed E-state index contributed by atoms with van der Waals surface area (Å²) in [6, 6.07) is 7.38. The molecule has 4 heteroatoms. The van der Waals surface area contributed by atoms with Gasteiger partial charge in [-0.2, -0.15) is 0 Å². The lowest BCUT2D eigenvalue weighted by Gasteiger charge is -2.24. The van der Waals surface area contributed by atoms with Gasteiger partial charge in [0.05, 0.1) is 10.4 Å². The fraction of sp³-hybridized carbons (Fsp3) is 0.438. The van der Waals surface area contributed by atoms with Crippen molar-refractivity contribution < 1.29 is 9.21 Å². The number of rotatable bonds is 4. The number of ketones is 1. The van der Waals surface area contributed by atoms with Gasteiger partial charge in [-0.1, -0.05) is 37.1 Å². The van der Waals surface area contributed by atoms with Gasteiger partial charge in [-0.25, -0.2) is 0 Å². The fourth-order valence-corrected chi connectivity index (χ4v) is 3.36. The predicted octanol–water partition coefficient (Wildman–Crippen LogP) is 4.05. The van der Waals surface area contributed by atoms with E-state index in [-0.39, 0.29) is 11.2 Å². The number of nitrogens with one attached hydrogen (secondary N) is 1. The molecule has 1 fully saturated rings. The molecule has 1 atom stereocenters. The van der Waals surface area contributed by atoms with Crippen molar-refractivity contribution in [3.63, 3.8) is 0 Å². The molecule has 20 heavy (non-hydrogen) atoms. The molecule has 0 saturated carbocycles. The number of hydrogen-bond donors (Lipinski definition) is 1. The molecule has 1 saturated heterocycles. The standard InChI is InChI=1S/C16H18ClNO2/c1-2-6-16(7-8-18-10-16)15(19)13-9-11-4-3-5-12(17)14(11)20-13/h3-5,9,18H,2,6-8,10H2,1H3. The highest BCUT2D eigenvalue weighted by Gasteiger charge is 2.42. The van der Waals surface area contributed by atoms with E-state index in [1.807, 2.05) is 18.2 Å². The van der Waals surface area contributed by atoms with E-state index in [2.05, 4.69) is 12.2 Å². The molecule has 2 aromatic rings. The maximum absolute atomic E-state index is 12.9. The Balaban J connectivity index is 2.01. The number of Topliss-reactive ketones (excluding diaryl/α,β-unsaturated/α-hetero) is 1. The molecule has 1 aromatic carbocycles. The predicted molar refractivity (Wildman–Crippen MR) is 80.4 cm³/mol. The molecule has 0 aliphatic carbocycles. The number of fused-ring (bicyclic) bond motifs is 1. The zero-order valence-corrected chi connectivity index (χ0v) is 12.3. The van der Waals surface area contributed by atoms with Crippen LogP contribution in [0.25, 0.3) is 11.0 Å². The van der Waals surface area contributed by atoms with Crippen molar-refractivity contribution in [1.82, 2.24) is 5.32 Å². The summed E-state index contributed by atoms with van der Waals surface area (Å²) in [6.45, 7) is 3.75. The first-order chi connectivity index (χ1) is 9.66. The quantitative estimate of drug-likeness (QED) is 0.864. The second-order valence-corrected chi connectivity index (χ2v) is 5.96. The number of halogens is 1. The highest BCUT2D eigenvalue weighted by Crippen LogP contribution is 2.37. The Morgan fingerprint density at radius 1 is 1.50 bits per heavy atom. The first kappa shape index (κ1) is 13.7. The van der Waals surface area contributed by atoms with E-state index in [0.29, 0.717) is 16.4 Å². The lowest BCUT2D eigenvalue weighted by atomic mass is 9.77. The minimum absolute atomic E-state index is 0.108. The molecule has 0 spiro atoms. The molecule has 1 aliphatic rings. The van der Waals surface area contributed by atoms with Gasteiger partial charge < -0.3 is 9.73 Å². The Bertz CT molecular complexity index is 641. The number of carbonyl (C=O) groups excluding carboxylic acids is 1. The third kappa shape index (κ3) is 2.15. The van der Waals surface area contributed by atoms with Crippen LogP contribution < -0.4 is 5.32 Å². The fourth-order valence-electron chi connectivity index (χ4n) is 3.14. The van der Waals surface area contributed by atoms with Crippen molar-refractivity contribution in [2.24, 2.45) is 5.41 Å². The van der Waals surface area contributed by atoms with Gasteiger partial charge in [0.25, 0.3) is 0 Å². The number of hydrogen-bond acceptors (Lipinski definition) is 3. The van der Waals surface area contributed by atoms with E-state index < -0.39 is 0 Å². The minimum atomic E-state index is -0.310. The van der Waals surface area contributed by atoms with Gasteiger partial charge in [0.2, 0.25) is 5.78 Å². The van der Waals surface area contributed by atoms with Crippen molar-refractivity contribution in [1.29, 1.82) is 0 Å². The molecule has 2 heterocycles. The summed E-state index contributed by atoms with van der Waals surface area (Å²) in [4.78, 5) is 12.9. The normalized spacial score (nSPS) is 22.5. The van der Waals surface area contributed by atoms with Gasteiger partial charge in [-0.3, -0.25) is 4.79 Å². The van der Waals surface area contributed by atoms with Crippen molar-refractivity contribution in [2.75, 3.05) is 13.1 Å². The summed E-state index contributed by atoms with van der Waals surface area (Å²) >= 11 is 6.11. The maximum Gasteiger partial charge on any atom is 0.205 e. The van der Waals surface area contributed by atoms with Crippen LogP contribution in [0.15, 0.2) is 28.7 Å². The van der Waals surface area contributed by atoms with Crippen LogP contribution in [0, 0.1) is 5.41 Å². The smallest absolute Gasteiger partial charge is 0.205 e. The first-order valence-corrected chi connectivity index (χ1v) is 7.48. The number of furan rings is 1. The molecule has 1 unspecified atom stereocenters. The third-order valence-corrected chi connectivity index (χ3v) is 4.47. The second-order valence-electron chi connectivity index (χ2n) is 5.56. The molecule has 3 rings (SSSR count). The van der Waals surface area contributed by atoms with Crippen molar-refractivity contribution in [2.45, 2.75) is 26.2 Å². The summed E-state index contributed by atoms with van der Waals surface area (Å²) in [5.74, 6) is 0.543. The van der Waals surface area contributed by atoms with Crippen LogP contribution in [0.3, 0.4) is 0 Å². The van der Waals surface area contributed by atoms with Gasteiger partial charge in [-0.15, -0.1) is 0 Å². The number of benzene rings is 1. The molecule has 1 aromatic heterocycles. The molecular weight excluding hydrogens is 274 g/mol. The maximum atomic E-state index is 12.9. The highest BCUT2D eigenvalue weighted by atomic mass is 35.5. The lowest BCUT2D eigenvalue weighted by molar-refractivity contribution is 0.0773. The highest BCUT2D eigenvalue weighted by molar-refractivity contribution is 6.34. The van der Waals surface area contributed by atoms with Crippen molar-refractivity contribution >= 4 is 28.4 Å². The van der Waals surface area contributed by atoms with Gasteiger partial charge >= 0.3 is 0 Å². The molecule has 0 amide bonds. The molecule has 1 aliphatic heterocycles. The summed E-state index contributed by atoms with van der Waals surface area (Å²) < 4.78 is 5.74. The van der Waals surface area contributed by atoms with Crippen LogP contribution in [-0.2, 0) is 0 Å². The Kier molecular flexibility index (Phi) is 3.57. The lowest BCUT2D eigenvalue weighted by Crippen LogP contribution is -2.33. The van der Waals surface area contributed by atoms with E-state index in [0.717, 1.165) is 37.7 Å². The van der Waals surface area contributed by atoms with Crippen molar-refractivity contribution in [3.05, 3.63) is 35.0 Å². The number of para-hydroxylation sites is 1. The van der Waals surface area contributed by atoms with Crippen LogP contribution in [0.4, 0.5) is 0 Å². The molecule has 0 bridgehead atoms. The third-order valence-electron chi connectivity index (χ3n) is 4.17. The second kappa shape index (κ2) is 5.23. The molecule has 3 nitrogen and oxygen atoms in total. The van der Waals surface area contributed by atoms with Crippen LogP contribution in [0.5, 0.6) is 0 Å². The van der Waals surface area contributed by atoms with Gasteiger partial charge in [0, 0.05) is 11.9 Å². The van der Waals surface area contributed by atoms with Crippen LogP contribution in [0.1, 0.15) is 36.7 Å². The van der Waals surface area contributed by atoms with Gasteiger partial charge in [0.1, 0.15) is 0 Å². The van der Waals surface area contributed by atoms with Crippen LogP contribution in [0.2, 0.25) is 5.02 Å². The SMILES string of the molecule is CCCC1(C(=O)c2cc3cccc(Cl)c3o2)CCNC1. The summed E-state index contributed by atoms with van der Waals surface area (Å²) in [7, 11) is 0.